The predicted molar refractivity (Wildman–Crippen MR) is 252 cm³/mol. The van der Waals surface area contributed by atoms with E-state index in [0.29, 0.717) is 19.3 Å². The van der Waals surface area contributed by atoms with Crippen LogP contribution in [-0.4, -0.2) is 37.2 Å². The summed E-state index contributed by atoms with van der Waals surface area (Å²) >= 11 is 0. The molecule has 0 aromatic carbocycles. The average Bonchev–Trinajstić information content (AvgIpc) is 3.22. The number of unbranched alkanes of at least 4 members (excludes halogenated alkanes) is 35. The Bertz CT molecular complexity index is 887. The Kier molecular flexibility index (Phi) is 46.2. The highest BCUT2D eigenvalue weighted by molar-refractivity contribution is 5.71. The second kappa shape index (κ2) is 47.5. The molecule has 0 amide bonds. The molecule has 6 nitrogen and oxygen atoms in total. The van der Waals surface area contributed by atoms with Crippen molar-refractivity contribution in [2.75, 3.05) is 13.2 Å². The van der Waals surface area contributed by atoms with E-state index in [-0.39, 0.29) is 31.1 Å². The summed E-state index contributed by atoms with van der Waals surface area (Å²) < 4.78 is 16.8. The third kappa shape index (κ3) is 47.3. The Labute approximate surface area is 368 Å². The number of rotatable bonds is 48. The molecule has 0 heterocycles. The fourth-order valence-electron chi connectivity index (χ4n) is 8.04. The molecule has 0 saturated heterocycles. The maximum atomic E-state index is 12.8. The zero-order valence-electron chi connectivity index (χ0n) is 40.2. The fraction of sp³-hybridized carbons (Fsp3) is 0.943. The van der Waals surface area contributed by atoms with Crippen LogP contribution in [0.5, 0.6) is 0 Å². The molecule has 350 valence electrons. The Morgan fingerprint density at radius 2 is 0.559 bits per heavy atom. The van der Waals surface area contributed by atoms with Gasteiger partial charge in [-0.3, -0.25) is 14.4 Å². The summed E-state index contributed by atoms with van der Waals surface area (Å²) in [4.78, 5) is 37.8. The third-order valence-electron chi connectivity index (χ3n) is 12.0. The number of carbonyl (C=O) groups is 3. The van der Waals surface area contributed by atoms with Gasteiger partial charge in [-0.25, -0.2) is 0 Å². The molecule has 0 spiro atoms. The molecule has 59 heavy (non-hydrogen) atoms. The van der Waals surface area contributed by atoms with Crippen LogP contribution in [0, 0.1) is 5.92 Å². The molecule has 0 unspecified atom stereocenters. The minimum absolute atomic E-state index is 0.0630. The second-order valence-electron chi connectivity index (χ2n) is 18.6. The first-order valence-electron chi connectivity index (χ1n) is 26.4. The molecule has 0 radical (unpaired) electrons. The maximum Gasteiger partial charge on any atom is 0.306 e. The molecule has 0 saturated carbocycles. The summed E-state index contributed by atoms with van der Waals surface area (Å²) in [6.45, 7) is 9.00. The lowest BCUT2D eigenvalue weighted by Crippen LogP contribution is -2.30. The van der Waals surface area contributed by atoms with Crippen molar-refractivity contribution in [3.63, 3.8) is 0 Å². The van der Waals surface area contributed by atoms with Crippen LogP contribution in [0.1, 0.15) is 297 Å². The molecule has 0 fully saturated rings. The lowest BCUT2D eigenvalue weighted by Gasteiger charge is -2.18. The smallest absolute Gasteiger partial charge is 0.306 e. The molecule has 0 aliphatic carbocycles. The summed E-state index contributed by atoms with van der Waals surface area (Å²) in [6, 6.07) is 0. The largest absolute Gasteiger partial charge is 0.462 e. The number of carbonyl (C=O) groups excluding carboxylic acids is 3. The number of hydrogen-bond acceptors (Lipinski definition) is 6. The zero-order chi connectivity index (χ0) is 43.1. The van der Waals surface area contributed by atoms with Crippen LogP contribution in [-0.2, 0) is 28.6 Å². The molecule has 0 aromatic rings. The normalized spacial score (nSPS) is 11.9. The van der Waals surface area contributed by atoms with Crippen LogP contribution in [0.15, 0.2) is 0 Å². The van der Waals surface area contributed by atoms with Crippen molar-refractivity contribution in [2.24, 2.45) is 5.92 Å². The monoisotopic (exact) mass is 835 g/mol. The first-order chi connectivity index (χ1) is 28.9. The highest BCUT2D eigenvalue weighted by atomic mass is 16.6. The molecular formula is C53H102O6. The molecule has 0 aliphatic heterocycles. The van der Waals surface area contributed by atoms with Crippen molar-refractivity contribution in [3.05, 3.63) is 0 Å². The van der Waals surface area contributed by atoms with Gasteiger partial charge < -0.3 is 14.2 Å². The van der Waals surface area contributed by atoms with Gasteiger partial charge >= 0.3 is 17.9 Å². The van der Waals surface area contributed by atoms with Gasteiger partial charge in [-0.15, -0.1) is 0 Å². The van der Waals surface area contributed by atoms with Crippen LogP contribution < -0.4 is 0 Å². The van der Waals surface area contributed by atoms with E-state index >= 15 is 0 Å². The lowest BCUT2D eigenvalue weighted by atomic mass is 10.0. The van der Waals surface area contributed by atoms with Crippen molar-refractivity contribution < 1.29 is 28.6 Å². The van der Waals surface area contributed by atoms with Gasteiger partial charge in [0.1, 0.15) is 13.2 Å². The van der Waals surface area contributed by atoms with Gasteiger partial charge in [0.2, 0.25) is 0 Å². The van der Waals surface area contributed by atoms with Crippen molar-refractivity contribution in [3.8, 4) is 0 Å². The standard InChI is InChI=1S/C53H102O6/c1-5-7-9-11-13-14-15-16-17-18-19-24-27-30-34-38-42-46-53(56)59-50(47-57-51(54)44-40-36-31-12-10-8-6-2)48-58-52(55)45-41-37-33-29-26-23-21-20-22-25-28-32-35-39-43-49(3)4/h49-50H,5-48H2,1-4H3/t50-/m0/s1. The van der Waals surface area contributed by atoms with Crippen molar-refractivity contribution >= 4 is 17.9 Å². The number of esters is 3. The van der Waals surface area contributed by atoms with Gasteiger partial charge in [0.15, 0.2) is 6.10 Å². The number of ether oxygens (including phenoxy) is 3. The van der Waals surface area contributed by atoms with Crippen LogP contribution in [0.3, 0.4) is 0 Å². The fourth-order valence-corrected chi connectivity index (χ4v) is 8.04. The maximum absolute atomic E-state index is 12.8. The van der Waals surface area contributed by atoms with E-state index in [4.69, 9.17) is 14.2 Å². The molecule has 0 N–H and O–H groups in total. The summed E-state index contributed by atoms with van der Waals surface area (Å²) in [5.74, 6) is -0.00477. The summed E-state index contributed by atoms with van der Waals surface area (Å²) in [5, 5.41) is 0. The molecule has 0 bridgehead atoms. The Balaban J connectivity index is 4.18. The Morgan fingerprint density at radius 3 is 0.831 bits per heavy atom. The van der Waals surface area contributed by atoms with E-state index in [1.54, 1.807) is 0 Å². The first-order valence-corrected chi connectivity index (χ1v) is 26.4. The quantitative estimate of drug-likeness (QED) is 0.0345. The van der Waals surface area contributed by atoms with Gasteiger partial charge in [0, 0.05) is 19.3 Å². The number of hydrogen-bond donors (Lipinski definition) is 0. The summed E-state index contributed by atoms with van der Waals surface area (Å²) in [5.41, 5.74) is 0. The van der Waals surface area contributed by atoms with Gasteiger partial charge in [0.25, 0.3) is 0 Å². The minimum Gasteiger partial charge on any atom is -0.462 e. The lowest BCUT2D eigenvalue weighted by molar-refractivity contribution is -0.167. The topological polar surface area (TPSA) is 78.9 Å². The van der Waals surface area contributed by atoms with Crippen molar-refractivity contribution in [2.45, 2.75) is 303 Å². The van der Waals surface area contributed by atoms with E-state index in [1.807, 2.05) is 0 Å². The predicted octanol–water partition coefficient (Wildman–Crippen LogP) is 17.1. The molecule has 6 heteroatoms. The minimum atomic E-state index is -0.759. The van der Waals surface area contributed by atoms with Gasteiger partial charge in [-0.05, 0) is 25.2 Å². The van der Waals surface area contributed by atoms with Crippen LogP contribution in [0.4, 0.5) is 0 Å². The SMILES string of the molecule is CCCCCCCCCCCCCCCCCCCC(=O)O[C@@H](COC(=O)CCCCCCCCC)COC(=O)CCCCCCCCCCCCCCCCC(C)C. The van der Waals surface area contributed by atoms with E-state index in [9.17, 15) is 14.4 Å². The highest BCUT2D eigenvalue weighted by Crippen LogP contribution is 2.17. The summed E-state index contributed by atoms with van der Waals surface area (Å²) in [6.07, 6.45) is 49.6. The summed E-state index contributed by atoms with van der Waals surface area (Å²) in [7, 11) is 0. The van der Waals surface area contributed by atoms with Crippen molar-refractivity contribution in [1.29, 1.82) is 0 Å². The average molecular weight is 835 g/mol. The van der Waals surface area contributed by atoms with Crippen molar-refractivity contribution in [1.82, 2.24) is 0 Å². The first kappa shape index (κ1) is 57.4. The Hall–Kier alpha value is -1.59. The van der Waals surface area contributed by atoms with E-state index in [0.717, 1.165) is 63.7 Å². The van der Waals surface area contributed by atoms with Crippen LogP contribution in [0.2, 0.25) is 0 Å². The molecule has 1 atom stereocenters. The van der Waals surface area contributed by atoms with Crippen LogP contribution in [0.25, 0.3) is 0 Å². The van der Waals surface area contributed by atoms with Gasteiger partial charge in [0.05, 0.1) is 0 Å². The van der Waals surface area contributed by atoms with E-state index in [2.05, 4.69) is 27.7 Å². The van der Waals surface area contributed by atoms with Crippen LogP contribution >= 0.6 is 0 Å². The molecule has 0 rings (SSSR count). The molecule has 0 aromatic heterocycles. The highest BCUT2D eigenvalue weighted by Gasteiger charge is 2.19. The molecule has 0 aliphatic rings. The van der Waals surface area contributed by atoms with Gasteiger partial charge in [-0.2, -0.15) is 0 Å². The zero-order valence-corrected chi connectivity index (χ0v) is 40.2. The Morgan fingerprint density at radius 1 is 0.322 bits per heavy atom. The third-order valence-corrected chi connectivity index (χ3v) is 12.0. The van der Waals surface area contributed by atoms with E-state index in [1.165, 1.54) is 193 Å². The second-order valence-corrected chi connectivity index (χ2v) is 18.6. The van der Waals surface area contributed by atoms with E-state index < -0.39 is 6.10 Å². The molecular weight excluding hydrogens is 733 g/mol. The van der Waals surface area contributed by atoms with Gasteiger partial charge in [-0.1, -0.05) is 259 Å².